The van der Waals surface area contributed by atoms with E-state index in [0.29, 0.717) is 6.61 Å². The summed E-state index contributed by atoms with van der Waals surface area (Å²) >= 11 is 0. The smallest absolute Gasteiger partial charge is 0.384 e. The number of esters is 1. The Bertz CT molecular complexity index is 399. The van der Waals surface area contributed by atoms with Crippen LogP contribution in [0.1, 0.15) is 12.5 Å². The van der Waals surface area contributed by atoms with Gasteiger partial charge in [-0.05, 0) is 25.1 Å². The lowest BCUT2D eigenvalue weighted by Gasteiger charge is -2.01. The predicted octanol–water partition coefficient (Wildman–Crippen LogP) is 1.61. The van der Waals surface area contributed by atoms with E-state index in [-0.39, 0.29) is 0 Å². The SMILES string of the molecule is CCOc1cccc(C#CC(=O)OC)c1. The van der Waals surface area contributed by atoms with Crippen LogP contribution in [-0.4, -0.2) is 19.7 Å². The number of hydrogen-bond acceptors (Lipinski definition) is 3. The first-order valence-corrected chi connectivity index (χ1v) is 4.59. The van der Waals surface area contributed by atoms with E-state index in [1.165, 1.54) is 7.11 Å². The van der Waals surface area contributed by atoms with E-state index in [0.717, 1.165) is 11.3 Å². The van der Waals surface area contributed by atoms with Gasteiger partial charge in [0.15, 0.2) is 0 Å². The van der Waals surface area contributed by atoms with Gasteiger partial charge in [0.1, 0.15) is 5.75 Å². The topological polar surface area (TPSA) is 35.5 Å². The quantitative estimate of drug-likeness (QED) is 0.542. The maximum absolute atomic E-state index is 10.8. The van der Waals surface area contributed by atoms with Gasteiger partial charge in [-0.1, -0.05) is 12.0 Å². The molecule has 3 nitrogen and oxygen atoms in total. The standard InChI is InChI=1S/C12H12O3/c1-3-15-11-6-4-5-10(9-11)7-8-12(13)14-2/h4-6,9H,3H2,1-2H3. The first-order chi connectivity index (χ1) is 7.26. The van der Waals surface area contributed by atoms with Crippen molar-refractivity contribution in [3.8, 4) is 17.6 Å². The van der Waals surface area contributed by atoms with Crippen LogP contribution in [0.25, 0.3) is 0 Å². The fourth-order valence-corrected chi connectivity index (χ4v) is 1.00. The predicted molar refractivity (Wildman–Crippen MR) is 56.5 cm³/mol. The molecule has 0 atom stereocenters. The van der Waals surface area contributed by atoms with Crippen molar-refractivity contribution in [2.24, 2.45) is 0 Å². The molecular formula is C12H12O3. The Morgan fingerprint density at radius 2 is 2.27 bits per heavy atom. The Labute approximate surface area is 89.0 Å². The summed E-state index contributed by atoms with van der Waals surface area (Å²) in [5.74, 6) is 5.24. The molecule has 0 radical (unpaired) electrons. The summed E-state index contributed by atoms with van der Waals surface area (Å²) in [6.07, 6.45) is 0. The third-order valence-corrected chi connectivity index (χ3v) is 1.64. The fourth-order valence-electron chi connectivity index (χ4n) is 1.00. The monoisotopic (exact) mass is 204 g/mol. The largest absolute Gasteiger partial charge is 0.494 e. The van der Waals surface area contributed by atoms with Gasteiger partial charge in [-0.3, -0.25) is 0 Å². The summed E-state index contributed by atoms with van der Waals surface area (Å²) in [6, 6.07) is 7.25. The molecule has 0 N–H and O–H groups in total. The van der Waals surface area contributed by atoms with Crippen molar-refractivity contribution in [3.63, 3.8) is 0 Å². The molecule has 0 fully saturated rings. The Kier molecular flexibility index (Phi) is 4.24. The van der Waals surface area contributed by atoms with E-state index in [4.69, 9.17) is 4.74 Å². The molecule has 0 saturated carbocycles. The second-order valence-corrected chi connectivity index (χ2v) is 2.70. The average molecular weight is 204 g/mol. The fraction of sp³-hybridized carbons (Fsp3) is 0.250. The first kappa shape index (κ1) is 11.1. The number of ether oxygens (including phenoxy) is 2. The first-order valence-electron chi connectivity index (χ1n) is 4.59. The minimum Gasteiger partial charge on any atom is -0.494 e. The Hall–Kier alpha value is -1.95. The van der Waals surface area contributed by atoms with Crippen LogP contribution >= 0.6 is 0 Å². The zero-order valence-electron chi connectivity index (χ0n) is 8.74. The molecule has 1 aromatic rings. The van der Waals surface area contributed by atoms with Gasteiger partial charge in [0.2, 0.25) is 0 Å². The molecule has 0 heterocycles. The molecule has 78 valence electrons. The van der Waals surface area contributed by atoms with Crippen LogP contribution < -0.4 is 4.74 Å². The van der Waals surface area contributed by atoms with Crippen molar-refractivity contribution in [1.82, 2.24) is 0 Å². The van der Waals surface area contributed by atoms with Gasteiger partial charge in [0.05, 0.1) is 13.7 Å². The molecule has 3 heteroatoms. The maximum atomic E-state index is 10.8. The van der Waals surface area contributed by atoms with Crippen molar-refractivity contribution in [2.75, 3.05) is 13.7 Å². The van der Waals surface area contributed by atoms with Gasteiger partial charge in [-0.25, -0.2) is 4.79 Å². The highest BCUT2D eigenvalue weighted by Crippen LogP contribution is 2.12. The molecule has 15 heavy (non-hydrogen) atoms. The molecule has 0 bridgehead atoms. The van der Waals surface area contributed by atoms with E-state index in [2.05, 4.69) is 16.6 Å². The zero-order valence-corrected chi connectivity index (χ0v) is 8.74. The number of methoxy groups -OCH3 is 1. The third-order valence-electron chi connectivity index (χ3n) is 1.64. The van der Waals surface area contributed by atoms with Gasteiger partial charge in [0.25, 0.3) is 0 Å². The lowest BCUT2D eigenvalue weighted by Crippen LogP contribution is -1.95. The van der Waals surface area contributed by atoms with E-state index in [1.807, 2.05) is 19.1 Å². The Morgan fingerprint density at radius 3 is 2.93 bits per heavy atom. The number of carbonyl (C=O) groups excluding carboxylic acids is 1. The molecule has 1 aromatic carbocycles. The third kappa shape index (κ3) is 3.74. The summed E-state index contributed by atoms with van der Waals surface area (Å²) in [5.41, 5.74) is 0.728. The molecule has 0 aliphatic heterocycles. The van der Waals surface area contributed by atoms with Gasteiger partial charge in [-0.2, -0.15) is 0 Å². The number of hydrogen-bond donors (Lipinski definition) is 0. The van der Waals surface area contributed by atoms with Crippen LogP contribution in [0, 0.1) is 11.8 Å². The highest BCUT2D eigenvalue weighted by atomic mass is 16.5. The van der Waals surface area contributed by atoms with E-state index in [9.17, 15) is 4.79 Å². The molecule has 0 saturated heterocycles. The number of rotatable bonds is 2. The van der Waals surface area contributed by atoms with E-state index >= 15 is 0 Å². The minimum absolute atomic E-state index is 0.545. The van der Waals surface area contributed by atoms with Crippen molar-refractivity contribution in [1.29, 1.82) is 0 Å². The highest BCUT2D eigenvalue weighted by molar-refractivity contribution is 5.89. The average Bonchev–Trinajstić information content (AvgIpc) is 2.27. The van der Waals surface area contributed by atoms with Crippen molar-refractivity contribution in [2.45, 2.75) is 6.92 Å². The van der Waals surface area contributed by atoms with Crippen LogP contribution in [0.4, 0.5) is 0 Å². The van der Waals surface area contributed by atoms with Gasteiger partial charge >= 0.3 is 5.97 Å². The van der Waals surface area contributed by atoms with Crippen molar-refractivity contribution < 1.29 is 14.3 Å². The molecular weight excluding hydrogens is 192 g/mol. The summed E-state index contributed by atoms with van der Waals surface area (Å²) < 4.78 is 9.70. The van der Waals surface area contributed by atoms with E-state index < -0.39 is 5.97 Å². The van der Waals surface area contributed by atoms with Crippen LogP contribution in [0.5, 0.6) is 5.75 Å². The van der Waals surface area contributed by atoms with Gasteiger partial charge < -0.3 is 9.47 Å². The summed E-state index contributed by atoms with van der Waals surface area (Å²) in [7, 11) is 1.30. The molecule has 0 spiro atoms. The number of benzene rings is 1. The van der Waals surface area contributed by atoms with Crippen LogP contribution in [0.2, 0.25) is 0 Å². The minimum atomic E-state index is -0.545. The molecule has 0 aliphatic rings. The Morgan fingerprint density at radius 1 is 1.47 bits per heavy atom. The molecule has 1 rings (SSSR count). The second kappa shape index (κ2) is 5.71. The van der Waals surface area contributed by atoms with Crippen molar-refractivity contribution >= 4 is 5.97 Å². The molecule has 0 aliphatic carbocycles. The van der Waals surface area contributed by atoms with E-state index in [1.54, 1.807) is 12.1 Å². The maximum Gasteiger partial charge on any atom is 0.384 e. The molecule has 0 unspecified atom stereocenters. The lowest BCUT2D eigenvalue weighted by molar-refractivity contribution is -0.133. The van der Waals surface area contributed by atoms with Gasteiger partial charge in [0, 0.05) is 11.5 Å². The van der Waals surface area contributed by atoms with Crippen LogP contribution in [-0.2, 0) is 9.53 Å². The second-order valence-electron chi connectivity index (χ2n) is 2.70. The lowest BCUT2D eigenvalue weighted by atomic mass is 10.2. The zero-order chi connectivity index (χ0) is 11.1. The summed E-state index contributed by atoms with van der Waals surface area (Å²) in [5, 5.41) is 0. The summed E-state index contributed by atoms with van der Waals surface area (Å²) in [4.78, 5) is 10.8. The number of carbonyl (C=O) groups is 1. The Balaban J connectivity index is 2.80. The molecule has 0 amide bonds. The van der Waals surface area contributed by atoms with Gasteiger partial charge in [-0.15, -0.1) is 0 Å². The highest BCUT2D eigenvalue weighted by Gasteiger charge is 1.94. The summed E-state index contributed by atoms with van der Waals surface area (Å²) in [6.45, 7) is 2.51. The van der Waals surface area contributed by atoms with Crippen molar-refractivity contribution in [3.05, 3.63) is 29.8 Å². The van der Waals surface area contributed by atoms with Crippen LogP contribution in [0.15, 0.2) is 24.3 Å². The van der Waals surface area contributed by atoms with Crippen LogP contribution in [0.3, 0.4) is 0 Å². The molecule has 0 aromatic heterocycles. The normalized spacial score (nSPS) is 8.67.